The lowest BCUT2D eigenvalue weighted by Crippen LogP contribution is -2.40. The van der Waals surface area contributed by atoms with Crippen molar-refractivity contribution in [3.05, 3.63) is 34.3 Å². The minimum atomic E-state index is -0.904. The van der Waals surface area contributed by atoms with E-state index in [1.165, 1.54) is 0 Å². The molecule has 2 N–H and O–H groups in total. The molecule has 3 rings (SSSR count). The Balaban J connectivity index is 1.87. The molecule has 1 heterocycles. The van der Waals surface area contributed by atoms with Crippen LogP contribution in [-0.4, -0.2) is 30.8 Å². The smallest absolute Gasteiger partial charge is 0.329 e. The highest BCUT2D eigenvalue weighted by Crippen LogP contribution is 2.46. The average Bonchev–Trinajstić information content (AvgIpc) is 2.93. The molecule has 4 nitrogen and oxygen atoms in total. The van der Waals surface area contributed by atoms with Gasteiger partial charge in [-0.05, 0) is 61.9 Å². The van der Waals surface area contributed by atoms with E-state index in [9.17, 15) is 4.79 Å². The molecule has 5 heteroatoms. The van der Waals surface area contributed by atoms with Crippen LogP contribution in [0.4, 0.5) is 0 Å². The number of hydrogen-bond acceptors (Lipinski definition) is 3. The van der Waals surface area contributed by atoms with E-state index in [0.717, 1.165) is 42.4 Å². The van der Waals surface area contributed by atoms with Crippen LogP contribution in [0.2, 0.25) is 0 Å². The molecule has 3 atom stereocenters. The van der Waals surface area contributed by atoms with Crippen LogP contribution in [0.25, 0.3) is 0 Å². The Morgan fingerprint density at radius 1 is 1.33 bits per heavy atom. The van der Waals surface area contributed by atoms with Gasteiger partial charge in [-0.3, -0.25) is 0 Å². The molecule has 21 heavy (non-hydrogen) atoms. The van der Waals surface area contributed by atoms with Crippen molar-refractivity contribution in [2.75, 3.05) is 19.7 Å². The predicted octanol–water partition coefficient (Wildman–Crippen LogP) is 2.77. The SMILES string of the molecule is O=C(O)COC1(c2ccc(Br)cc2)CCC2CNCC2C1. The summed E-state index contributed by atoms with van der Waals surface area (Å²) in [5.74, 6) is 0.386. The van der Waals surface area contributed by atoms with Gasteiger partial charge in [0.05, 0.1) is 5.60 Å². The van der Waals surface area contributed by atoms with Gasteiger partial charge < -0.3 is 15.2 Å². The first kappa shape index (κ1) is 15.0. The maximum atomic E-state index is 11.0. The lowest BCUT2D eigenvalue weighted by atomic mass is 9.70. The molecular formula is C16H20BrNO3. The topological polar surface area (TPSA) is 58.6 Å². The van der Waals surface area contributed by atoms with E-state index in [-0.39, 0.29) is 6.61 Å². The molecule has 0 bridgehead atoms. The molecule has 2 aliphatic rings. The lowest BCUT2D eigenvalue weighted by Gasteiger charge is -2.42. The zero-order valence-corrected chi connectivity index (χ0v) is 13.4. The van der Waals surface area contributed by atoms with Crippen molar-refractivity contribution in [1.82, 2.24) is 5.32 Å². The average molecular weight is 354 g/mol. The number of fused-ring (bicyclic) bond motifs is 1. The fraction of sp³-hybridized carbons (Fsp3) is 0.562. The van der Waals surface area contributed by atoms with Gasteiger partial charge in [-0.1, -0.05) is 28.1 Å². The number of ether oxygens (including phenoxy) is 1. The number of carboxylic acid groups (broad SMARTS) is 1. The fourth-order valence-electron chi connectivity index (χ4n) is 3.74. The standard InChI is InChI=1S/C16H20BrNO3/c17-14-3-1-13(2-4-14)16(21-10-15(19)20)6-5-11-8-18-9-12(11)7-16/h1-4,11-12,18H,5-10H2,(H,19,20). The van der Waals surface area contributed by atoms with Gasteiger partial charge >= 0.3 is 5.97 Å². The van der Waals surface area contributed by atoms with Gasteiger partial charge in [0.15, 0.2) is 0 Å². The highest BCUT2D eigenvalue weighted by atomic mass is 79.9. The first-order valence-corrected chi connectivity index (χ1v) is 8.21. The third kappa shape index (κ3) is 3.15. The molecular weight excluding hydrogens is 334 g/mol. The van der Waals surface area contributed by atoms with Gasteiger partial charge in [0, 0.05) is 4.47 Å². The monoisotopic (exact) mass is 353 g/mol. The first-order chi connectivity index (χ1) is 10.1. The summed E-state index contributed by atoms with van der Waals surface area (Å²) in [7, 11) is 0. The van der Waals surface area contributed by atoms with Gasteiger partial charge in [-0.25, -0.2) is 4.79 Å². The number of carboxylic acids is 1. The summed E-state index contributed by atoms with van der Waals surface area (Å²) in [4.78, 5) is 11.0. The van der Waals surface area contributed by atoms with E-state index in [4.69, 9.17) is 9.84 Å². The zero-order chi connectivity index (χ0) is 14.9. The molecule has 3 unspecified atom stereocenters. The van der Waals surface area contributed by atoms with Crippen molar-refractivity contribution < 1.29 is 14.6 Å². The molecule has 1 aromatic carbocycles. The second kappa shape index (κ2) is 6.07. The van der Waals surface area contributed by atoms with Crippen LogP contribution in [0.5, 0.6) is 0 Å². The minimum absolute atomic E-state index is 0.235. The number of benzene rings is 1. The van der Waals surface area contributed by atoms with Crippen molar-refractivity contribution in [1.29, 1.82) is 0 Å². The predicted molar refractivity (Wildman–Crippen MR) is 83.1 cm³/mol. The minimum Gasteiger partial charge on any atom is -0.480 e. The highest BCUT2D eigenvalue weighted by Gasteiger charge is 2.44. The largest absolute Gasteiger partial charge is 0.480 e. The van der Waals surface area contributed by atoms with Gasteiger partial charge in [-0.2, -0.15) is 0 Å². The Bertz CT molecular complexity index is 519. The molecule has 0 amide bonds. The Labute approximate surface area is 133 Å². The van der Waals surface area contributed by atoms with Crippen molar-refractivity contribution in [2.45, 2.75) is 24.9 Å². The molecule has 0 spiro atoms. The number of hydrogen-bond donors (Lipinski definition) is 2. The van der Waals surface area contributed by atoms with Gasteiger partial charge in [0.25, 0.3) is 0 Å². The third-order valence-corrected chi connectivity index (χ3v) is 5.36. The number of aliphatic carboxylic acids is 1. The molecule has 114 valence electrons. The van der Waals surface area contributed by atoms with Crippen LogP contribution in [-0.2, 0) is 15.1 Å². The molecule has 0 aromatic heterocycles. The zero-order valence-electron chi connectivity index (χ0n) is 11.8. The molecule has 2 fully saturated rings. The Hall–Kier alpha value is -0.910. The summed E-state index contributed by atoms with van der Waals surface area (Å²) in [5, 5.41) is 12.4. The van der Waals surface area contributed by atoms with E-state index in [1.54, 1.807) is 0 Å². The van der Waals surface area contributed by atoms with Gasteiger partial charge in [0.1, 0.15) is 6.61 Å². The maximum Gasteiger partial charge on any atom is 0.329 e. The summed E-state index contributed by atoms with van der Waals surface area (Å²) >= 11 is 3.45. The van der Waals surface area contributed by atoms with Crippen molar-refractivity contribution >= 4 is 21.9 Å². The van der Waals surface area contributed by atoms with Crippen LogP contribution in [0.15, 0.2) is 28.7 Å². The van der Waals surface area contributed by atoms with E-state index in [1.807, 2.05) is 12.1 Å². The van der Waals surface area contributed by atoms with Crippen LogP contribution in [0, 0.1) is 11.8 Å². The van der Waals surface area contributed by atoms with Crippen LogP contribution in [0.3, 0.4) is 0 Å². The van der Waals surface area contributed by atoms with Crippen LogP contribution >= 0.6 is 15.9 Å². The molecule has 1 aliphatic heterocycles. The number of rotatable bonds is 4. The Morgan fingerprint density at radius 3 is 2.76 bits per heavy atom. The quantitative estimate of drug-likeness (QED) is 0.873. The molecule has 1 saturated carbocycles. The summed E-state index contributed by atoms with van der Waals surface area (Å²) in [6, 6.07) is 8.10. The summed E-state index contributed by atoms with van der Waals surface area (Å²) in [6.07, 6.45) is 2.89. The Kier molecular flexibility index (Phi) is 4.33. The third-order valence-electron chi connectivity index (χ3n) is 4.83. The van der Waals surface area contributed by atoms with Crippen LogP contribution < -0.4 is 5.32 Å². The van der Waals surface area contributed by atoms with E-state index >= 15 is 0 Å². The fourth-order valence-corrected chi connectivity index (χ4v) is 4.00. The van der Waals surface area contributed by atoms with Crippen molar-refractivity contribution in [2.24, 2.45) is 11.8 Å². The second-order valence-electron chi connectivity index (χ2n) is 6.10. The normalized spacial score (nSPS) is 31.9. The van der Waals surface area contributed by atoms with E-state index in [2.05, 4.69) is 33.4 Å². The van der Waals surface area contributed by atoms with Gasteiger partial charge in [0.2, 0.25) is 0 Å². The lowest BCUT2D eigenvalue weighted by molar-refractivity contribution is -0.156. The van der Waals surface area contributed by atoms with Crippen molar-refractivity contribution in [3.63, 3.8) is 0 Å². The molecule has 1 aromatic rings. The molecule has 0 radical (unpaired) electrons. The number of nitrogens with one attached hydrogen (secondary N) is 1. The van der Waals surface area contributed by atoms with E-state index < -0.39 is 11.6 Å². The number of carbonyl (C=O) groups is 1. The second-order valence-corrected chi connectivity index (χ2v) is 7.02. The number of halogens is 1. The van der Waals surface area contributed by atoms with E-state index in [0.29, 0.717) is 11.8 Å². The highest BCUT2D eigenvalue weighted by molar-refractivity contribution is 9.10. The molecule has 1 saturated heterocycles. The van der Waals surface area contributed by atoms with Crippen molar-refractivity contribution in [3.8, 4) is 0 Å². The summed E-state index contributed by atoms with van der Waals surface area (Å²) in [6.45, 7) is 1.86. The first-order valence-electron chi connectivity index (χ1n) is 7.41. The Morgan fingerprint density at radius 2 is 2.05 bits per heavy atom. The summed E-state index contributed by atoms with van der Waals surface area (Å²) in [5.41, 5.74) is 0.643. The summed E-state index contributed by atoms with van der Waals surface area (Å²) < 4.78 is 6.95. The van der Waals surface area contributed by atoms with Gasteiger partial charge in [-0.15, -0.1) is 0 Å². The maximum absolute atomic E-state index is 11.0. The van der Waals surface area contributed by atoms with Crippen LogP contribution in [0.1, 0.15) is 24.8 Å². The molecule has 1 aliphatic carbocycles.